The Labute approximate surface area is 91.8 Å². The molecule has 0 aromatic carbocycles. The lowest BCUT2D eigenvalue weighted by Crippen LogP contribution is -2.39. The Balaban J connectivity index is 2.38. The summed E-state index contributed by atoms with van der Waals surface area (Å²) in [6, 6.07) is 0. The van der Waals surface area contributed by atoms with E-state index < -0.39 is 0 Å². The van der Waals surface area contributed by atoms with Crippen molar-refractivity contribution in [2.24, 2.45) is 17.6 Å². The van der Waals surface area contributed by atoms with Crippen LogP contribution in [0.15, 0.2) is 0 Å². The third-order valence-corrected chi connectivity index (χ3v) is 3.12. The van der Waals surface area contributed by atoms with Gasteiger partial charge in [0.25, 0.3) is 0 Å². The lowest BCUT2D eigenvalue weighted by molar-refractivity contribution is -0.127. The number of hydrogen-bond acceptors (Lipinski definition) is 2. The maximum atomic E-state index is 11.8. The zero-order valence-electron chi connectivity index (χ0n) is 9.17. The molecule has 1 aliphatic carbocycles. The summed E-state index contributed by atoms with van der Waals surface area (Å²) in [6.07, 6.45) is 10.1. The summed E-state index contributed by atoms with van der Waals surface area (Å²) < 4.78 is 0. The van der Waals surface area contributed by atoms with Gasteiger partial charge < -0.3 is 11.1 Å². The number of hydrogen-bond donors (Lipinski definition) is 2. The Kier molecular flexibility index (Phi) is 5.20. The largest absolute Gasteiger partial charge is 0.355 e. The lowest BCUT2D eigenvalue weighted by atomic mass is 9.79. The highest BCUT2D eigenvalue weighted by molar-refractivity contribution is 5.79. The van der Waals surface area contributed by atoms with Crippen molar-refractivity contribution in [2.75, 3.05) is 13.1 Å². The minimum Gasteiger partial charge on any atom is -0.355 e. The summed E-state index contributed by atoms with van der Waals surface area (Å²) in [6.45, 7) is 1.20. The molecule has 1 amide bonds. The molecule has 0 bridgehead atoms. The second-order valence-electron chi connectivity index (χ2n) is 4.13. The number of amides is 1. The van der Waals surface area contributed by atoms with E-state index in [-0.39, 0.29) is 11.8 Å². The van der Waals surface area contributed by atoms with Crippen molar-refractivity contribution in [3.8, 4) is 12.3 Å². The Hall–Kier alpha value is -1.01. The quantitative estimate of drug-likeness (QED) is 0.532. The van der Waals surface area contributed by atoms with E-state index in [1.807, 2.05) is 0 Å². The van der Waals surface area contributed by atoms with E-state index in [4.69, 9.17) is 12.2 Å². The number of carbonyl (C=O) groups is 1. The van der Waals surface area contributed by atoms with Crippen molar-refractivity contribution >= 4 is 5.91 Å². The molecule has 0 heterocycles. The molecule has 1 aliphatic rings. The normalized spacial score (nSPS) is 25.6. The highest BCUT2D eigenvalue weighted by atomic mass is 16.1. The second-order valence-corrected chi connectivity index (χ2v) is 4.13. The number of nitrogens with two attached hydrogens (primary N) is 1. The van der Waals surface area contributed by atoms with Gasteiger partial charge in [0.15, 0.2) is 0 Å². The van der Waals surface area contributed by atoms with E-state index in [0.29, 0.717) is 25.4 Å². The van der Waals surface area contributed by atoms with Crippen molar-refractivity contribution in [3.05, 3.63) is 0 Å². The number of terminal acetylenes is 1. The molecule has 0 spiro atoms. The fourth-order valence-corrected chi connectivity index (χ4v) is 2.22. The van der Waals surface area contributed by atoms with Crippen molar-refractivity contribution in [1.82, 2.24) is 5.32 Å². The first-order valence-electron chi connectivity index (χ1n) is 5.70. The van der Waals surface area contributed by atoms with E-state index in [2.05, 4.69) is 11.2 Å². The molecule has 0 aromatic heterocycles. The molecule has 84 valence electrons. The number of carbonyl (C=O) groups excluding carboxylic acids is 1. The minimum atomic E-state index is 0.113. The van der Waals surface area contributed by atoms with Crippen LogP contribution in [0.3, 0.4) is 0 Å². The minimum absolute atomic E-state index is 0.113. The first kappa shape index (κ1) is 12.1. The maximum Gasteiger partial charge on any atom is 0.223 e. The Morgan fingerprint density at radius 3 is 2.87 bits per heavy atom. The van der Waals surface area contributed by atoms with Crippen LogP contribution in [0, 0.1) is 24.2 Å². The van der Waals surface area contributed by atoms with E-state index in [9.17, 15) is 4.79 Å². The molecule has 3 heteroatoms. The summed E-state index contributed by atoms with van der Waals surface area (Å²) in [4.78, 5) is 11.8. The van der Waals surface area contributed by atoms with Gasteiger partial charge in [0, 0.05) is 18.9 Å². The van der Waals surface area contributed by atoms with Gasteiger partial charge in [-0.2, -0.15) is 0 Å². The average molecular weight is 208 g/mol. The van der Waals surface area contributed by atoms with Gasteiger partial charge in [0.1, 0.15) is 0 Å². The molecule has 1 rings (SSSR count). The third kappa shape index (κ3) is 3.56. The van der Waals surface area contributed by atoms with Crippen LogP contribution in [-0.4, -0.2) is 19.0 Å². The summed E-state index contributed by atoms with van der Waals surface area (Å²) >= 11 is 0. The van der Waals surface area contributed by atoms with Crippen LogP contribution in [-0.2, 0) is 4.79 Å². The van der Waals surface area contributed by atoms with Crippen molar-refractivity contribution in [1.29, 1.82) is 0 Å². The monoisotopic (exact) mass is 208 g/mol. The second kappa shape index (κ2) is 6.47. The van der Waals surface area contributed by atoms with E-state index in [1.54, 1.807) is 0 Å². The first-order valence-corrected chi connectivity index (χ1v) is 5.70. The number of nitrogens with one attached hydrogen (secondary N) is 1. The predicted octanol–water partition coefficient (Wildman–Crippen LogP) is 0.891. The summed E-state index contributed by atoms with van der Waals surface area (Å²) in [7, 11) is 0. The summed E-state index contributed by atoms with van der Waals surface area (Å²) in [5.41, 5.74) is 5.67. The van der Waals surface area contributed by atoms with Gasteiger partial charge >= 0.3 is 0 Å². The molecule has 0 aliphatic heterocycles. The van der Waals surface area contributed by atoms with Crippen molar-refractivity contribution in [2.45, 2.75) is 32.1 Å². The lowest BCUT2D eigenvalue weighted by Gasteiger charge is -2.29. The molecule has 1 saturated carbocycles. The van der Waals surface area contributed by atoms with Gasteiger partial charge in [-0.1, -0.05) is 12.8 Å². The molecule has 2 atom stereocenters. The molecule has 3 nitrogen and oxygen atoms in total. The number of rotatable bonds is 4. The van der Waals surface area contributed by atoms with Crippen LogP contribution in [0.2, 0.25) is 0 Å². The van der Waals surface area contributed by atoms with Crippen LogP contribution >= 0.6 is 0 Å². The molecule has 0 saturated heterocycles. The molecule has 0 radical (unpaired) electrons. The molecule has 3 N–H and O–H groups in total. The van der Waals surface area contributed by atoms with Crippen LogP contribution in [0.4, 0.5) is 0 Å². The third-order valence-electron chi connectivity index (χ3n) is 3.12. The molecular weight excluding hydrogens is 188 g/mol. The summed E-state index contributed by atoms with van der Waals surface area (Å²) in [5.74, 6) is 3.13. The highest BCUT2D eigenvalue weighted by Gasteiger charge is 2.29. The Morgan fingerprint density at radius 2 is 2.20 bits per heavy atom. The highest BCUT2D eigenvalue weighted by Crippen LogP contribution is 2.29. The smallest absolute Gasteiger partial charge is 0.223 e. The average Bonchev–Trinajstić information content (AvgIpc) is 2.29. The molecule has 0 aromatic rings. The van der Waals surface area contributed by atoms with Gasteiger partial charge in [0.2, 0.25) is 5.91 Å². The molecular formula is C12H20N2O. The van der Waals surface area contributed by atoms with Gasteiger partial charge in [-0.15, -0.1) is 12.3 Å². The predicted molar refractivity (Wildman–Crippen MR) is 61.0 cm³/mol. The molecule has 1 fully saturated rings. The van der Waals surface area contributed by atoms with E-state index in [0.717, 1.165) is 19.3 Å². The van der Waals surface area contributed by atoms with Gasteiger partial charge in [-0.25, -0.2) is 0 Å². The first-order chi connectivity index (χ1) is 7.29. The maximum absolute atomic E-state index is 11.8. The van der Waals surface area contributed by atoms with Crippen LogP contribution in [0.25, 0.3) is 0 Å². The van der Waals surface area contributed by atoms with Gasteiger partial charge in [-0.3, -0.25) is 4.79 Å². The molecule has 2 unspecified atom stereocenters. The van der Waals surface area contributed by atoms with Gasteiger partial charge in [-0.05, 0) is 25.3 Å². The molecule has 15 heavy (non-hydrogen) atoms. The zero-order valence-corrected chi connectivity index (χ0v) is 9.17. The van der Waals surface area contributed by atoms with E-state index >= 15 is 0 Å². The SMILES string of the molecule is C#CCCNC(=O)C1CCCCC1CN. The van der Waals surface area contributed by atoms with Crippen LogP contribution in [0.5, 0.6) is 0 Å². The topological polar surface area (TPSA) is 55.1 Å². The van der Waals surface area contributed by atoms with Crippen molar-refractivity contribution in [3.63, 3.8) is 0 Å². The Bertz CT molecular complexity index is 244. The zero-order chi connectivity index (χ0) is 11.1. The Morgan fingerprint density at radius 1 is 1.47 bits per heavy atom. The fourth-order valence-electron chi connectivity index (χ4n) is 2.22. The van der Waals surface area contributed by atoms with E-state index in [1.165, 1.54) is 6.42 Å². The fraction of sp³-hybridized carbons (Fsp3) is 0.750. The van der Waals surface area contributed by atoms with Gasteiger partial charge in [0.05, 0.1) is 0 Å². The van der Waals surface area contributed by atoms with Crippen molar-refractivity contribution < 1.29 is 4.79 Å². The van der Waals surface area contributed by atoms with Crippen LogP contribution in [0.1, 0.15) is 32.1 Å². The summed E-state index contributed by atoms with van der Waals surface area (Å²) in [5, 5.41) is 2.88. The standard InChI is InChI=1S/C12H20N2O/c1-2-3-8-14-12(15)11-7-5-4-6-10(11)9-13/h1,10-11H,3-9,13H2,(H,14,15). The van der Waals surface area contributed by atoms with Crippen LogP contribution < -0.4 is 11.1 Å².